The number of nitrogens with one attached hydrogen (secondary N) is 2. The zero-order valence-electron chi connectivity index (χ0n) is 9.82. The second-order valence-corrected chi connectivity index (χ2v) is 5.00. The number of hydrogen-bond donors (Lipinski definition) is 2. The van der Waals surface area contributed by atoms with Gasteiger partial charge in [-0.05, 0) is 31.9 Å². The van der Waals surface area contributed by atoms with E-state index in [1.807, 2.05) is 13.2 Å². The van der Waals surface area contributed by atoms with Gasteiger partial charge in [-0.3, -0.25) is 5.01 Å². The summed E-state index contributed by atoms with van der Waals surface area (Å²) in [6, 6.07) is 0.668. The van der Waals surface area contributed by atoms with E-state index in [0.29, 0.717) is 6.04 Å². The molecule has 2 aliphatic heterocycles. The van der Waals surface area contributed by atoms with Crippen LogP contribution in [0.15, 0.2) is 24.2 Å². The third kappa shape index (κ3) is 2.02. The normalized spacial score (nSPS) is 25.2. The van der Waals surface area contributed by atoms with Crippen LogP contribution in [0.4, 0.5) is 0 Å². The van der Waals surface area contributed by atoms with Gasteiger partial charge >= 0.3 is 0 Å². The Hall–Kier alpha value is -1.16. The number of likely N-dealkylation sites (N-methyl/N-ethyl adjacent to an activating group) is 1. The van der Waals surface area contributed by atoms with Crippen molar-refractivity contribution in [3.05, 3.63) is 24.2 Å². The molecule has 1 saturated carbocycles. The number of nitrogens with zero attached hydrogens (tertiary/aromatic N) is 2. The van der Waals surface area contributed by atoms with Gasteiger partial charge in [-0.25, -0.2) is 0 Å². The van der Waals surface area contributed by atoms with Crippen molar-refractivity contribution in [2.24, 2.45) is 5.92 Å². The third-order valence-electron chi connectivity index (χ3n) is 3.59. The fourth-order valence-corrected chi connectivity index (χ4v) is 2.20. The minimum absolute atomic E-state index is 0.668. The molecule has 2 N–H and O–H groups in total. The van der Waals surface area contributed by atoms with E-state index >= 15 is 0 Å². The van der Waals surface area contributed by atoms with E-state index in [-0.39, 0.29) is 0 Å². The summed E-state index contributed by atoms with van der Waals surface area (Å²) < 4.78 is 0. The highest BCUT2D eigenvalue weighted by Gasteiger charge is 2.28. The molecule has 0 aromatic heterocycles. The van der Waals surface area contributed by atoms with Gasteiger partial charge in [-0.15, -0.1) is 0 Å². The molecule has 0 unspecified atom stereocenters. The predicted molar refractivity (Wildman–Crippen MR) is 64.2 cm³/mol. The Morgan fingerprint density at radius 1 is 1.44 bits per heavy atom. The van der Waals surface area contributed by atoms with Crippen LogP contribution in [0.1, 0.15) is 12.8 Å². The van der Waals surface area contributed by atoms with Crippen molar-refractivity contribution in [3.63, 3.8) is 0 Å². The molecule has 3 aliphatic rings. The number of hydrogen-bond acceptors (Lipinski definition) is 4. The maximum absolute atomic E-state index is 3.30. The number of allylic oxidation sites excluding steroid dienone is 1. The molecule has 2 fully saturated rings. The standard InChI is InChI=1S/C12H20N4/c1-13-11-7-15(8-11)12-4-5-14-16(9-12)6-10-2-3-10/h4-5,9-11,13-14H,2-3,6-8H2,1H3. The van der Waals surface area contributed by atoms with Crippen LogP contribution in [0.3, 0.4) is 0 Å². The van der Waals surface area contributed by atoms with Gasteiger partial charge in [0.1, 0.15) is 0 Å². The Labute approximate surface area is 96.9 Å². The Balaban J connectivity index is 1.56. The first-order valence-corrected chi connectivity index (χ1v) is 6.18. The third-order valence-corrected chi connectivity index (χ3v) is 3.59. The minimum atomic E-state index is 0.668. The topological polar surface area (TPSA) is 30.5 Å². The molecule has 0 radical (unpaired) electrons. The van der Waals surface area contributed by atoms with Crippen molar-refractivity contribution in [2.75, 3.05) is 26.7 Å². The van der Waals surface area contributed by atoms with Crippen molar-refractivity contribution in [2.45, 2.75) is 18.9 Å². The van der Waals surface area contributed by atoms with E-state index in [0.717, 1.165) is 25.6 Å². The van der Waals surface area contributed by atoms with E-state index in [1.54, 1.807) is 0 Å². The van der Waals surface area contributed by atoms with Crippen molar-refractivity contribution in [1.82, 2.24) is 20.7 Å². The molecule has 2 heterocycles. The first-order chi connectivity index (χ1) is 7.85. The minimum Gasteiger partial charge on any atom is -0.367 e. The first kappa shape index (κ1) is 10.0. The molecule has 0 spiro atoms. The van der Waals surface area contributed by atoms with Crippen molar-refractivity contribution in [3.8, 4) is 0 Å². The van der Waals surface area contributed by atoms with Crippen molar-refractivity contribution < 1.29 is 0 Å². The number of rotatable bonds is 4. The monoisotopic (exact) mass is 220 g/mol. The van der Waals surface area contributed by atoms with Gasteiger partial charge in [0.25, 0.3) is 0 Å². The van der Waals surface area contributed by atoms with E-state index in [9.17, 15) is 0 Å². The van der Waals surface area contributed by atoms with Crippen LogP contribution in [0.25, 0.3) is 0 Å². The van der Waals surface area contributed by atoms with Gasteiger partial charge in [0, 0.05) is 38.1 Å². The molecule has 0 atom stereocenters. The summed E-state index contributed by atoms with van der Waals surface area (Å²) in [6.07, 6.45) is 9.25. The lowest BCUT2D eigenvalue weighted by Crippen LogP contribution is -2.56. The lowest BCUT2D eigenvalue weighted by atomic mass is 10.1. The molecule has 0 bridgehead atoms. The van der Waals surface area contributed by atoms with Crippen molar-refractivity contribution >= 4 is 0 Å². The average Bonchev–Trinajstić information content (AvgIpc) is 3.01. The maximum Gasteiger partial charge on any atom is 0.0563 e. The van der Waals surface area contributed by atoms with E-state index in [4.69, 9.17) is 0 Å². The predicted octanol–water partition coefficient (Wildman–Crippen LogP) is 0.475. The summed E-state index contributed by atoms with van der Waals surface area (Å²) in [5.41, 5.74) is 4.62. The molecule has 0 amide bonds. The quantitative estimate of drug-likeness (QED) is 0.721. The van der Waals surface area contributed by atoms with Crippen LogP contribution in [-0.4, -0.2) is 42.6 Å². The van der Waals surface area contributed by atoms with Gasteiger partial charge in [0.15, 0.2) is 0 Å². The average molecular weight is 220 g/mol. The van der Waals surface area contributed by atoms with Crippen LogP contribution in [0.2, 0.25) is 0 Å². The van der Waals surface area contributed by atoms with Crippen LogP contribution >= 0.6 is 0 Å². The van der Waals surface area contributed by atoms with Gasteiger partial charge in [0.05, 0.1) is 5.70 Å². The largest absolute Gasteiger partial charge is 0.367 e. The summed E-state index contributed by atoms with van der Waals surface area (Å²) in [5.74, 6) is 0.915. The summed E-state index contributed by atoms with van der Waals surface area (Å²) in [6.45, 7) is 3.41. The van der Waals surface area contributed by atoms with Crippen LogP contribution in [0.5, 0.6) is 0 Å². The lowest BCUT2D eigenvalue weighted by molar-refractivity contribution is 0.173. The highest BCUT2D eigenvalue weighted by atomic mass is 15.5. The van der Waals surface area contributed by atoms with E-state index in [1.165, 1.54) is 18.5 Å². The highest BCUT2D eigenvalue weighted by Crippen LogP contribution is 2.30. The maximum atomic E-state index is 3.30. The highest BCUT2D eigenvalue weighted by molar-refractivity contribution is 5.22. The van der Waals surface area contributed by atoms with Gasteiger partial charge in [-0.2, -0.15) is 0 Å². The smallest absolute Gasteiger partial charge is 0.0563 e. The number of likely N-dealkylation sites (tertiary alicyclic amines) is 1. The Bertz CT molecular complexity index is 313. The Kier molecular flexibility index (Phi) is 2.52. The molecule has 1 aliphatic carbocycles. The van der Waals surface area contributed by atoms with Crippen LogP contribution in [0, 0.1) is 5.92 Å². The fourth-order valence-electron chi connectivity index (χ4n) is 2.20. The van der Waals surface area contributed by atoms with E-state index < -0.39 is 0 Å². The Morgan fingerprint density at radius 2 is 2.25 bits per heavy atom. The summed E-state index contributed by atoms with van der Waals surface area (Å²) >= 11 is 0. The zero-order chi connectivity index (χ0) is 11.0. The molecule has 4 nitrogen and oxygen atoms in total. The molecule has 16 heavy (non-hydrogen) atoms. The van der Waals surface area contributed by atoms with Gasteiger partial charge in [-0.1, -0.05) is 0 Å². The Morgan fingerprint density at radius 3 is 2.94 bits per heavy atom. The summed E-state index contributed by atoms with van der Waals surface area (Å²) in [7, 11) is 2.04. The second kappa shape index (κ2) is 4.01. The molecule has 0 aromatic carbocycles. The van der Waals surface area contributed by atoms with Crippen LogP contribution < -0.4 is 10.7 Å². The molecule has 88 valence electrons. The molecule has 0 aromatic rings. The fraction of sp³-hybridized carbons (Fsp3) is 0.667. The van der Waals surface area contributed by atoms with Gasteiger partial charge in [0.2, 0.25) is 0 Å². The van der Waals surface area contributed by atoms with Crippen molar-refractivity contribution in [1.29, 1.82) is 0 Å². The summed E-state index contributed by atoms with van der Waals surface area (Å²) in [5, 5.41) is 5.52. The van der Waals surface area contributed by atoms with E-state index in [2.05, 4.69) is 32.9 Å². The molecular formula is C12H20N4. The van der Waals surface area contributed by atoms with Crippen LogP contribution in [-0.2, 0) is 0 Å². The lowest BCUT2D eigenvalue weighted by Gasteiger charge is -2.42. The molecule has 1 saturated heterocycles. The SMILES string of the molecule is CNC1CN(C2=CN(CC3CC3)NC=C2)C1. The molecule has 4 heteroatoms. The summed E-state index contributed by atoms with van der Waals surface area (Å²) in [4.78, 5) is 2.42. The zero-order valence-corrected chi connectivity index (χ0v) is 9.82. The molecular weight excluding hydrogens is 200 g/mol. The van der Waals surface area contributed by atoms with Gasteiger partial charge < -0.3 is 15.6 Å². The number of hydrazine groups is 1. The molecule has 3 rings (SSSR count). The second-order valence-electron chi connectivity index (χ2n) is 5.00. The first-order valence-electron chi connectivity index (χ1n) is 6.18.